The van der Waals surface area contributed by atoms with Crippen molar-refractivity contribution in [3.05, 3.63) is 83.9 Å². The van der Waals surface area contributed by atoms with E-state index in [4.69, 9.17) is 5.11 Å². The Morgan fingerprint density at radius 1 is 0.526 bits per heavy atom. The second kappa shape index (κ2) is 11.0. The molecule has 38 heavy (non-hydrogen) atoms. The topological polar surface area (TPSA) is 192 Å². The van der Waals surface area contributed by atoms with Crippen LogP contribution in [0.4, 0.5) is 34.1 Å². The fourth-order valence-electron chi connectivity index (χ4n) is 3.11. The number of hydrogen-bond donors (Lipinski definition) is 5. The number of aryl methyl sites for hydroxylation is 1. The summed E-state index contributed by atoms with van der Waals surface area (Å²) in [6.07, 6.45) is 0. The molecular weight excluding hydrogens is 492 g/mol. The van der Waals surface area contributed by atoms with E-state index in [-0.39, 0.29) is 51.3 Å². The van der Waals surface area contributed by atoms with Crippen LogP contribution in [0, 0.1) is 6.92 Å². The molecule has 0 fully saturated rings. The standard InChI is InChI=1S/C26H20N6O6/c1-14-2-8-23(34)19(10-14)31-32-21-12-20(24(35)13-25(21)36)30-28-16-5-3-15(4-6-16)27-29-17-7-9-22(33)18(11-17)26(37)38/h2-13,33-36H,1H3,(H,37,38). The van der Waals surface area contributed by atoms with Gasteiger partial charge in [0, 0.05) is 12.1 Å². The predicted octanol–water partition coefficient (Wildman–Crippen LogP) is 7.76. The molecule has 0 aliphatic rings. The Bertz CT molecular complexity index is 1600. The van der Waals surface area contributed by atoms with Gasteiger partial charge >= 0.3 is 5.97 Å². The molecule has 0 unspecified atom stereocenters. The summed E-state index contributed by atoms with van der Waals surface area (Å²) in [7, 11) is 0. The molecule has 4 rings (SSSR count). The van der Waals surface area contributed by atoms with Crippen LogP contribution in [0.2, 0.25) is 0 Å². The van der Waals surface area contributed by atoms with Gasteiger partial charge in [0.1, 0.15) is 45.6 Å². The molecule has 0 spiro atoms. The average Bonchev–Trinajstić information content (AvgIpc) is 2.89. The molecule has 4 aromatic rings. The summed E-state index contributed by atoms with van der Waals surface area (Å²) in [5.74, 6) is -2.39. The Hall–Kier alpha value is -5.65. The van der Waals surface area contributed by atoms with Crippen molar-refractivity contribution in [2.75, 3.05) is 0 Å². The lowest BCUT2D eigenvalue weighted by atomic mass is 10.2. The highest BCUT2D eigenvalue weighted by Gasteiger charge is 2.11. The maximum Gasteiger partial charge on any atom is 0.339 e. The number of rotatable bonds is 7. The lowest BCUT2D eigenvalue weighted by Crippen LogP contribution is -1.95. The van der Waals surface area contributed by atoms with Crippen LogP contribution in [0.1, 0.15) is 15.9 Å². The van der Waals surface area contributed by atoms with Gasteiger partial charge in [0.2, 0.25) is 0 Å². The minimum Gasteiger partial charge on any atom is -0.507 e. The van der Waals surface area contributed by atoms with Crippen molar-refractivity contribution in [3.8, 4) is 23.0 Å². The van der Waals surface area contributed by atoms with E-state index in [1.54, 1.807) is 36.4 Å². The third-order valence-electron chi connectivity index (χ3n) is 5.08. The maximum atomic E-state index is 11.1. The first-order valence-electron chi connectivity index (χ1n) is 11.0. The monoisotopic (exact) mass is 512 g/mol. The van der Waals surface area contributed by atoms with Crippen LogP contribution < -0.4 is 0 Å². The van der Waals surface area contributed by atoms with Gasteiger partial charge in [0.05, 0.1) is 17.1 Å². The Kier molecular flexibility index (Phi) is 7.33. The van der Waals surface area contributed by atoms with Gasteiger partial charge in [-0.05, 0) is 67.1 Å². The van der Waals surface area contributed by atoms with Crippen molar-refractivity contribution >= 4 is 40.1 Å². The van der Waals surface area contributed by atoms with Gasteiger partial charge in [0.15, 0.2) is 0 Å². The number of aromatic hydroxyl groups is 4. The number of nitrogens with zero attached hydrogens (tertiary/aromatic N) is 6. The highest BCUT2D eigenvalue weighted by molar-refractivity contribution is 5.91. The van der Waals surface area contributed by atoms with Crippen LogP contribution in [0.5, 0.6) is 23.0 Å². The van der Waals surface area contributed by atoms with Crippen molar-refractivity contribution in [1.82, 2.24) is 0 Å². The van der Waals surface area contributed by atoms with E-state index in [0.717, 1.165) is 11.6 Å². The van der Waals surface area contributed by atoms with E-state index in [1.807, 2.05) is 6.92 Å². The first-order chi connectivity index (χ1) is 18.2. The number of aromatic carboxylic acids is 1. The number of benzene rings is 4. The quantitative estimate of drug-likeness (QED) is 0.157. The van der Waals surface area contributed by atoms with Crippen LogP contribution in [-0.2, 0) is 0 Å². The summed E-state index contributed by atoms with van der Waals surface area (Å²) in [5, 5.41) is 72.8. The van der Waals surface area contributed by atoms with Gasteiger partial charge < -0.3 is 25.5 Å². The van der Waals surface area contributed by atoms with Crippen LogP contribution in [0.25, 0.3) is 0 Å². The minimum atomic E-state index is -1.28. The largest absolute Gasteiger partial charge is 0.507 e. The van der Waals surface area contributed by atoms with Gasteiger partial charge in [-0.1, -0.05) is 6.07 Å². The molecule has 4 aromatic carbocycles. The first-order valence-corrected chi connectivity index (χ1v) is 11.0. The lowest BCUT2D eigenvalue weighted by Gasteiger charge is -2.03. The van der Waals surface area contributed by atoms with Crippen LogP contribution >= 0.6 is 0 Å². The third kappa shape index (κ3) is 6.12. The smallest absolute Gasteiger partial charge is 0.339 e. The van der Waals surface area contributed by atoms with Crippen molar-refractivity contribution in [3.63, 3.8) is 0 Å². The third-order valence-corrected chi connectivity index (χ3v) is 5.08. The fourth-order valence-corrected chi connectivity index (χ4v) is 3.11. The second-order valence-electron chi connectivity index (χ2n) is 7.94. The summed E-state index contributed by atoms with van der Waals surface area (Å²) >= 11 is 0. The minimum absolute atomic E-state index is 0.00806. The van der Waals surface area contributed by atoms with E-state index in [9.17, 15) is 25.2 Å². The van der Waals surface area contributed by atoms with E-state index >= 15 is 0 Å². The van der Waals surface area contributed by atoms with Crippen molar-refractivity contribution in [2.45, 2.75) is 6.92 Å². The molecular formula is C26H20N6O6. The first kappa shape index (κ1) is 25.4. The van der Waals surface area contributed by atoms with Crippen LogP contribution in [-0.4, -0.2) is 31.5 Å². The maximum absolute atomic E-state index is 11.1. The zero-order valence-electron chi connectivity index (χ0n) is 19.8. The summed E-state index contributed by atoms with van der Waals surface area (Å²) in [5.41, 5.74) is 1.94. The van der Waals surface area contributed by atoms with Gasteiger partial charge in [-0.25, -0.2) is 4.79 Å². The molecule has 0 saturated heterocycles. The highest BCUT2D eigenvalue weighted by atomic mass is 16.4. The summed E-state index contributed by atoms with van der Waals surface area (Å²) < 4.78 is 0. The summed E-state index contributed by atoms with van der Waals surface area (Å²) in [4.78, 5) is 11.1. The van der Waals surface area contributed by atoms with E-state index < -0.39 is 5.97 Å². The molecule has 0 heterocycles. The molecule has 0 saturated carbocycles. The zero-order valence-corrected chi connectivity index (χ0v) is 19.8. The zero-order chi connectivity index (χ0) is 27.2. The highest BCUT2D eigenvalue weighted by Crippen LogP contribution is 2.40. The molecule has 0 bridgehead atoms. The van der Waals surface area contributed by atoms with Crippen LogP contribution in [0.15, 0.2) is 103 Å². The second-order valence-corrected chi connectivity index (χ2v) is 7.94. The lowest BCUT2D eigenvalue weighted by molar-refractivity contribution is 0.0693. The molecule has 0 aromatic heterocycles. The fraction of sp³-hybridized carbons (Fsp3) is 0.0385. The number of carboxylic acid groups (broad SMARTS) is 1. The van der Waals surface area contributed by atoms with Gasteiger partial charge in [-0.15, -0.1) is 15.3 Å². The normalized spacial score (nSPS) is 11.6. The molecule has 190 valence electrons. The Morgan fingerprint density at radius 3 is 1.61 bits per heavy atom. The average molecular weight is 512 g/mol. The van der Waals surface area contributed by atoms with Gasteiger partial charge in [-0.3, -0.25) is 0 Å². The number of phenols is 4. The molecule has 0 radical (unpaired) electrons. The van der Waals surface area contributed by atoms with Gasteiger partial charge in [0.25, 0.3) is 0 Å². The molecule has 5 N–H and O–H groups in total. The van der Waals surface area contributed by atoms with Crippen molar-refractivity contribution in [2.24, 2.45) is 30.7 Å². The van der Waals surface area contributed by atoms with Crippen LogP contribution in [0.3, 0.4) is 0 Å². The van der Waals surface area contributed by atoms with E-state index in [2.05, 4.69) is 30.7 Å². The molecule has 0 aliphatic carbocycles. The summed E-state index contributed by atoms with van der Waals surface area (Å²) in [6, 6.07) is 17.4. The Morgan fingerprint density at radius 2 is 1.00 bits per heavy atom. The SMILES string of the molecule is Cc1ccc(O)c(N=Nc2cc(N=Nc3ccc(N=Nc4ccc(O)c(C(=O)O)c4)cc3)c(O)cc2O)c1. The molecule has 12 nitrogen and oxygen atoms in total. The molecule has 12 heteroatoms. The molecule has 0 atom stereocenters. The number of carbonyl (C=O) groups is 1. The van der Waals surface area contributed by atoms with E-state index in [0.29, 0.717) is 11.4 Å². The number of azo groups is 3. The predicted molar refractivity (Wildman–Crippen MR) is 137 cm³/mol. The Labute approximate surface area is 215 Å². The Balaban J connectivity index is 1.49. The number of hydrogen-bond acceptors (Lipinski definition) is 11. The molecule has 0 aliphatic heterocycles. The van der Waals surface area contributed by atoms with Crippen molar-refractivity contribution < 1.29 is 30.3 Å². The van der Waals surface area contributed by atoms with E-state index in [1.165, 1.54) is 30.3 Å². The molecule has 0 amide bonds. The number of phenolic OH excluding ortho intramolecular Hbond substituents is 3. The number of carboxylic acids is 1. The summed E-state index contributed by atoms with van der Waals surface area (Å²) in [6.45, 7) is 1.83. The van der Waals surface area contributed by atoms with Crippen molar-refractivity contribution in [1.29, 1.82) is 0 Å². The van der Waals surface area contributed by atoms with Gasteiger partial charge in [-0.2, -0.15) is 15.3 Å².